The van der Waals surface area contributed by atoms with Gasteiger partial charge in [-0.15, -0.1) is 0 Å². The zero-order chi connectivity index (χ0) is 7.98. The summed E-state index contributed by atoms with van der Waals surface area (Å²) in [6.45, 7) is 6.48. The fraction of sp³-hybridized carbons (Fsp3) is 0.875. The Balaban J connectivity index is 3.52. The van der Waals surface area contributed by atoms with Crippen LogP contribution in [0.1, 0.15) is 33.6 Å². The Kier molecular flexibility index (Phi) is 5.52. The van der Waals surface area contributed by atoms with E-state index in [4.69, 9.17) is 5.26 Å². The van der Waals surface area contributed by atoms with Crippen LogP contribution in [0, 0.1) is 11.3 Å². The van der Waals surface area contributed by atoms with E-state index in [1.54, 1.807) is 0 Å². The topological polar surface area (TPSA) is 23.8 Å². The highest BCUT2D eigenvalue weighted by Crippen LogP contribution is 2.21. The second-order valence-corrected chi connectivity index (χ2v) is 4.46. The van der Waals surface area contributed by atoms with E-state index in [2.05, 4.69) is 26.8 Å². The minimum absolute atomic E-state index is 0.546. The quantitative estimate of drug-likeness (QED) is 0.626. The summed E-state index contributed by atoms with van der Waals surface area (Å²) in [7, 11) is 0. The van der Waals surface area contributed by atoms with Crippen molar-refractivity contribution in [1.82, 2.24) is 0 Å². The maximum absolute atomic E-state index is 8.42. The summed E-state index contributed by atoms with van der Waals surface area (Å²) in [5, 5.41) is 9.61. The minimum Gasteiger partial charge on any atom is -0.198 e. The van der Waals surface area contributed by atoms with Crippen molar-refractivity contribution in [2.24, 2.45) is 0 Å². The number of hydrogen-bond acceptors (Lipinski definition) is 2. The maximum atomic E-state index is 8.42. The van der Waals surface area contributed by atoms with Crippen molar-refractivity contribution in [3.05, 3.63) is 0 Å². The molecule has 0 aliphatic carbocycles. The number of hydrogen-bond donors (Lipinski definition) is 0. The lowest BCUT2D eigenvalue weighted by atomic mass is 10.3. The molecule has 0 N–H and O–H groups in total. The van der Waals surface area contributed by atoms with Gasteiger partial charge in [0.05, 0.1) is 6.07 Å². The molecular weight excluding hydrogens is 142 g/mol. The molecule has 58 valence electrons. The third kappa shape index (κ3) is 4.69. The molecule has 1 nitrogen and oxygen atoms in total. The van der Waals surface area contributed by atoms with E-state index in [-0.39, 0.29) is 0 Å². The number of nitriles is 1. The second-order valence-electron chi connectivity index (χ2n) is 2.58. The Hall–Kier alpha value is -0.160. The lowest BCUT2D eigenvalue weighted by molar-refractivity contribution is 0.836. The summed E-state index contributed by atoms with van der Waals surface area (Å²) >= 11 is 1.90. The van der Waals surface area contributed by atoms with Crippen molar-refractivity contribution in [3.63, 3.8) is 0 Å². The molecule has 0 bridgehead atoms. The van der Waals surface area contributed by atoms with Gasteiger partial charge in [0.15, 0.2) is 0 Å². The zero-order valence-electron chi connectivity index (χ0n) is 6.92. The largest absolute Gasteiger partial charge is 0.198 e. The first-order valence-corrected chi connectivity index (χ1v) is 4.67. The molecule has 0 rings (SSSR count). The first kappa shape index (κ1) is 9.84. The van der Waals surface area contributed by atoms with E-state index in [0.29, 0.717) is 16.9 Å². The van der Waals surface area contributed by atoms with Gasteiger partial charge in [-0.3, -0.25) is 0 Å². The molecule has 0 aliphatic heterocycles. The first-order valence-electron chi connectivity index (χ1n) is 3.73. The molecule has 0 fully saturated rings. The molecule has 0 aromatic carbocycles. The van der Waals surface area contributed by atoms with Crippen LogP contribution in [0.3, 0.4) is 0 Å². The van der Waals surface area contributed by atoms with Crippen molar-refractivity contribution in [1.29, 1.82) is 5.26 Å². The smallest absolute Gasteiger partial charge is 0.0633 e. The van der Waals surface area contributed by atoms with Gasteiger partial charge in [0, 0.05) is 11.7 Å². The highest BCUT2D eigenvalue weighted by Gasteiger charge is 2.07. The monoisotopic (exact) mass is 157 g/mol. The van der Waals surface area contributed by atoms with Gasteiger partial charge in [0.25, 0.3) is 0 Å². The minimum atomic E-state index is 0.546. The maximum Gasteiger partial charge on any atom is 0.0633 e. The van der Waals surface area contributed by atoms with Crippen LogP contribution in [0.15, 0.2) is 0 Å². The SMILES string of the molecule is CCC(CC#N)SC(C)C. The normalized spacial score (nSPS) is 13.1. The molecule has 1 unspecified atom stereocenters. The predicted molar refractivity (Wildman–Crippen MR) is 47.0 cm³/mol. The fourth-order valence-corrected chi connectivity index (χ4v) is 1.91. The Morgan fingerprint density at radius 1 is 1.50 bits per heavy atom. The number of thioether (sulfide) groups is 1. The zero-order valence-corrected chi connectivity index (χ0v) is 7.74. The van der Waals surface area contributed by atoms with Crippen molar-refractivity contribution < 1.29 is 0 Å². The molecule has 0 heterocycles. The lowest BCUT2D eigenvalue weighted by Gasteiger charge is -2.12. The van der Waals surface area contributed by atoms with E-state index < -0.39 is 0 Å². The molecule has 0 saturated heterocycles. The van der Waals surface area contributed by atoms with Crippen LogP contribution in [0.4, 0.5) is 0 Å². The first-order chi connectivity index (χ1) is 4.70. The lowest BCUT2D eigenvalue weighted by Crippen LogP contribution is -2.03. The highest BCUT2D eigenvalue weighted by molar-refractivity contribution is 8.00. The average molecular weight is 157 g/mol. The highest BCUT2D eigenvalue weighted by atomic mass is 32.2. The molecule has 0 amide bonds. The Bertz CT molecular complexity index is 115. The standard InChI is InChI=1S/C8H15NS/c1-4-8(5-6-9)10-7(2)3/h7-8H,4-5H2,1-3H3. The van der Waals surface area contributed by atoms with Crippen LogP contribution < -0.4 is 0 Å². The molecule has 0 spiro atoms. The summed E-state index contributed by atoms with van der Waals surface area (Å²) < 4.78 is 0. The summed E-state index contributed by atoms with van der Waals surface area (Å²) in [4.78, 5) is 0. The van der Waals surface area contributed by atoms with Gasteiger partial charge >= 0.3 is 0 Å². The summed E-state index contributed by atoms with van der Waals surface area (Å²) in [6, 6.07) is 2.20. The third-order valence-corrected chi connectivity index (χ3v) is 2.67. The van der Waals surface area contributed by atoms with Crippen LogP contribution in [0.25, 0.3) is 0 Å². The fourth-order valence-electron chi connectivity index (χ4n) is 0.775. The van der Waals surface area contributed by atoms with Crippen molar-refractivity contribution in [2.75, 3.05) is 0 Å². The van der Waals surface area contributed by atoms with Crippen LogP contribution in [0.5, 0.6) is 0 Å². The Morgan fingerprint density at radius 3 is 2.40 bits per heavy atom. The van der Waals surface area contributed by atoms with Crippen molar-refractivity contribution >= 4 is 11.8 Å². The summed E-state index contributed by atoms with van der Waals surface area (Å²) in [5.74, 6) is 0. The van der Waals surface area contributed by atoms with E-state index in [1.807, 2.05) is 11.8 Å². The second kappa shape index (κ2) is 5.61. The Labute approximate surface area is 67.8 Å². The number of nitrogens with zero attached hydrogens (tertiary/aromatic N) is 1. The molecule has 0 radical (unpaired) electrons. The third-order valence-electron chi connectivity index (χ3n) is 1.24. The molecule has 0 aromatic rings. The van der Waals surface area contributed by atoms with Crippen molar-refractivity contribution in [2.45, 2.75) is 44.1 Å². The van der Waals surface area contributed by atoms with Crippen LogP contribution in [-0.4, -0.2) is 10.5 Å². The molecule has 1 atom stereocenters. The van der Waals surface area contributed by atoms with Gasteiger partial charge in [-0.1, -0.05) is 20.8 Å². The van der Waals surface area contributed by atoms with Crippen molar-refractivity contribution in [3.8, 4) is 6.07 Å². The average Bonchev–Trinajstić information content (AvgIpc) is 1.86. The van der Waals surface area contributed by atoms with E-state index in [9.17, 15) is 0 Å². The van der Waals surface area contributed by atoms with Gasteiger partial charge < -0.3 is 0 Å². The van der Waals surface area contributed by atoms with Gasteiger partial charge in [-0.25, -0.2) is 0 Å². The van der Waals surface area contributed by atoms with E-state index in [0.717, 1.165) is 6.42 Å². The molecule has 10 heavy (non-hydrogen) atoms. The van der Waals surface area contributed by atoms with Crippen LogP contribution in [-0.2, 0) is 0 Å². The summed E-state index contributed by atoms with van der Waals surface area (Å²) in [6.07, 6.45) is 1.80. The van der Waals surface area contributed by atoms with Crippen LogP contribution in [0.2, 0.25) is 0 Å². The molecule has 2 heteroatoms. The summed E-state index contributed by atoms with van der Waals surface area (Å²) in [5.41, 5.74) is 0. The molecular formula is C8H15NS. The van der Waals surface area contributed by atoms with E-state index in [1.165, 1.54) is 0 Å². The van der Waals surface area contributed by atoms with E-state index >= 15 is 0 Å². The van der Waals surface area contributed by atoms with Crippen LogP contribution >= 0.6 is 11.8 Å². The number of rotatable bonds is 4. The van der Waals surface area contributed by atoms with Gasteiger partial charge in [0.2, 0.25) is 0 Å². The predicted octanol–water partition coefficient (Wildman–Crippen LogP) is 2.82. The molecule has 0 saturated carbocycles. The molecule has 0 aliphatic rings. The Morgan fingerprint density at radius 2 is 2.10 bits per heavy atom. The van der Waals surface area contributed by atoms with Gasteiger partial charge in [-0.05, 0) is 11.7 Å². The van der Waals surface area contributed by atoms with Gasteiger partial charge in [-0.2, -0.15) is 17.0 Å². The molecule has 0 aromatic heterocycles. The van der Waals surface area contributed by atoms with Gasteiger partial charge in [0.1, 0.15) is 0 Å².